The number of hydrogen-bond acceptors (Lipinski definition) is 7. The molecule has 34 heavy (non-hydrogen) atoms. The second kappa shape index (κ2) is 10.5. The van der Waals surface area contributed by atoms with E-state index in [9.17, 15) is 9.59 Å². The Morgan fingerprint density at radius 2 is 2.06 bits per heavy atom. The monoisotopic (exact) mass is 502 g/mol. The van der Waals surface area contributed by atoms with Gasteiger partial charge < -0.3 is 14.6 Å². The lowest BCUT2D eigenvalue weighted by Gasteiger charge is -2.31. The van der Waals surface area contributed by atoms with Gasteiger partial charge in [-0.3, -0.25) is 9.69 Å². The van der Waals surface area contributed by atoms with Gasteiger partial charge in [-0.1, -0.05) is 34.4 Å². The number of amides is 1. The number of halogens is 2. The first-order valence-corrected chi connectivity index (χ1v) is 11.6. The summed E-state index contributed by atoms with van der Waals surface area (Å²) < 4.78 is 10.2. The molecule has 0 spiro atoms. The van der Waals surface area contributed by atoms with Crippen molar-refractivity contribution in [2.24, 2.45) is 5.92 Å². The number of carbonyl (C=O) groups is 2. The fourth-order valence-corrected chi connectivity index (χ4v) is 4.43. The van der Waals surface area contributed by atoms with Crippen LogP contribution < -0.4 is 5.32 Å². The molecule has 0 radical (unpaired) electrons. The van der Waals surface area contributed by atoms with E-state index in [0.717, 1.165) is 24.9 Å². The summed E-state index contributed by atoms with van der Waals surface area (Å²) in [6.07, 6.45) is 1.64. The number of nitrogens with zero attached hydrogens (tertiary/aromatic N) is 3. The molecule has 1 aliphatic heterocycles. The number of carbonyl (C=O) groups excluding carboxylic acids is 2. The number of rotatable bonds is 6. The third-order valence-electron chi connectivity index (χ3n) is 5.79. The highest BCUT2D eigenvalue weighted by atomic mass is 35.5. The van der Waals surface area contributed by atoms with Gasteiger partial charge in [0.05, 0.1) is 30.2 Å². The van der Waals surface area contributed by atoms with Crippen molar-refractivity contribution in [1.29, 1.82) is 0 Å². The van der Waals surface area contributed by atoms with Crippen molar-refractivity contribution in [3.8, 4) is 11.4 Å². The van der Waals surface area contributed by atoms with Crippen LogP contribution in [-0.2, 0) is 16.1 Å². The Labute approximate surface area is 207 Å². The Morgan fingerprint density at radius 3 is 2.82 bits per heavy atom. The number of likely N-dealkylation sites (tertiary alicyclic amines) is 1. The van der Waals surface area contributed by atoms with Crippen LogP contribution in [0.4, 0.5) is 5.69 Å². The predicted molar refractivity (Wildman–Crippen MR) is 129 cm³/mol. The zero-order chi connectivity index (χ0) is 24.2. The van der Waals surface area contributed by atoms with Gasteiger partial charge in [0.2, 0.25) is 17.6 Å². The molecule has 1 saturated heterocycles. The van der Waals surface area contributed by atoms with Crippen LogP contribution in [0.1, 0.15) is 34.7 Å². The van der Waals surface area contributed by atoms with Crippen LogP contribution in [0.5, 0.6) is 0 Å². The predicted octanol–water partition coefficient (Wildman–Crippen LogP) is 4.99. The van der Waals surface area contributed by atoms with Crippen LogP contribution in [-0.4, -0.2) is 47.1 Å². The molecule has 2 aromatic carbocycles. The van der Waals surface area contributed by atoms with E-state index in [0.29, 0.717) is 51.7 Å². The number of nitrogens with one attached hydrogen (secondary N) is 1. The van der Waals surface area contributed by atoms with Gasteiger partial charge in [0.1, 0.15) is 0 Å². The van der Waals surface area contributed by atoms with E-state index in [1.54, 1.807) is 36.4 Å². The maximum atomic E-state index is 13.0. The summed E-state index contributed by atoms with van der Waals surface area (Å²) in [7, 11) is 1.33. The molecule has 1 unspecified atom stereocenters. The molecule has 0 saturated carbocycles. The minimum atomic E-state index is -0.446. The quantitative estimate of drug-likeness (QED) is 0.474. The van der Waals surface area contributed by atoms with E-state index in [2.05, 4.69) is 20.4 Å². The molecular weight excluding hydrogens is 479 g/mol. The number of anilines is 1. The fraction of sp³-hybridized carbons (Fsp3) is 0.333. The Morgan fingerprint density at radius 1 is 1.24 bits per heavy atom. The van der Waals surface area contributed by atoms with Gasteiger partial charge in [-0.2, -0.15) is 4.98 Å². The van der Waals surface area contributed by atoms with Crippen molar-refractivity contribution in [3.63, 3.8) is 0 Å². The lowest BCUT2D eigenvalue weighted by Crippen LogP contribution is -2.40. The van der Waals surface area contributed by atoms with Gasteiger partial charge in [0.15, 0.2) is 0 Å². The Bertz CT molecular complexity index is 1210. The molecule has 1 amide bonds. The van der Waals surface area contributed by atoms with Crippen molar-refractivity contribution in [1.82, 2.24) is 15.0 Å². The molecule has 0 bridgehead atoms. The molecule has 1 atom stereocenters. The van der Waals surface area contributed by atoms with Crippen LogP contribution in [0.3, 0.4) is 0 Å². The molecule has 10 heteroatoms. The van der Waals surface area contributed by atoms with E-state index in [4.69, 9.17) is 32.5 Å². The van der Waals surface area contributed by atoms with Crippen molar-refractivity contribution >= 4 is 40.8 Å². The van der Waals surface area contributed by atoms with Crippen molar-refractivity contribution in [2.75, 3.05) is 25.5 Å². The zero-order valence-corrected chi connectivity index (χ0v) is 20.3. The summed E-state index contributed by atoms with van der Waals surface area (Å²) in [6, 6.07) is 10.2. The van der Waals surface area contributed by atoms with Crippen molar-refractivity contribution in [3.05, 3.63) is 63.5 Å². The molecule has 1 N–H and O–H groups in total. The lowest BCUT2D eigenvalue weighted by atomic mass is 9.96. The summed E-state index contributed by atoms with van der Waals surface area (Å²) in [5.41, 5.74) is 2.50. The summed E-state index contributed by atoms with van der Waals surface area (Å²) in [6.45, 7) is 3.68. The molecule has 1 aromatic heterocycles. The van der Waals surface area contributed by atoms with Gasteiger partial charge in [-0.25, -0.2) is 4.79 Å². The smallest absolute Gasteiger partial charge is 0.337 e. The number of esters is 1. The first-order chi connectivity index (χ1) is 16.3. The molecule has 1 aliphatic rings. The van der Waals surface area contributed by atoms with E-state index in [1.165, 1.54) is 7.11 Å². The van der Waals surface area contributed by atoms with Crippen LogP contribution >= 0.6 is 23.2 Å². The number of aryl methyl sites for hydroxylation is 1. The Kier molecular flexibility index (Phi) is 7.50. The van der Waals surface area contributed by atoms with Gasteiger partial charge in [-0.05, 0) is 62.2 Å². The zero-order valence-electron chi connectivity index (χ0n) is 18.8. The Balaban J connectivity index is 1.40. The molecule has 3 aromatic rings. The number of piperidine rings is 1. The highest BCUT2D eigenvalue weighted by Gasteiger charge is 2.27. The van der Waals surface area contributed by atoms with Gasteiger partial charge >= 0.3 is 5.97 Å². The summed E-state index contributed by atoms with van der Waals surface area (Å²) in [5.74, 6) is 0.0998. The fourth-order valence-electron chi connectivity index (χ4n) is 3.94. The third kappa shape index (κ3) is 5.58. The van der Waals surface area contributed by atoms with Crippen LogP contribution in [0.2, 0.25) is 10.0 Å². The summed E-state index contributed by atoms with van der Waals surface area (Å²) >= 11 is 12.2. The van der Waals surface area contributed by atoms with E-state index < -0.39 is 5.97 Å². The third-order valence-corrected chi connectivity index (χ3v) is 6.34. The topological polar surface area (TPSA) is 97.6 Å². The number of aromatic nitrogens is 2. The highest BCUT2D eigenvalue weighted by molar-refractivity contribution is 6.36. The maximum absolute atomic E-state index is 13.0. The summed E-state index contributed by atoms with van der Waals surface area (Å²) in [4.78, 5) is 31.4. The van der Waals surface area contributed by atoms with Crippen LogP contribution in [0.25, 0.3) is 11.4 Å². The molecule has 8 nitrogen and oxygen atoms in total. The highest BCUT2D eigenvalue weighted by Crippen LogP contribution is 2.29. The molecule has 178 valence electrons. The average molecular weight is 503 g/mol. The lowest BCUT2D eigenvalue weighted by molar-refractivity contribution is -0.121. The van der Waals surface area contributed by atoms with Crippen molar-refractivity contribution in [2.45, 2.75) is 26.3 Å². The standard InChI is InChI=1S/C24H24Cl2N4O4/c1-14-5-6-15(24(32)33-2)10-20(14)27-23(31)16-4-3-9-30(12-16)13-21-28-22(29-34-21)18-8-7-17(25)11-19(18)26/h5-8,10-11,16H,3-4,9,12-13H2,1-2H3,(H,27,31). The number of benzene rings is 2. The van der Waals surface area contributed by atoms with Crippen LogP contribution in [0.15, 0.2) is 40.9 Å². The normalized spacial score (nSPS) is 16.3. The minimum Gasteiger partial charge on any atom is -0.465 e. The van der Waals surface area contributed by atoms with E-state index >= 15 is 0 Å². The van der Waals surface area contributed by atoms with Crippen LogP contribution in [0, 0.1) is 12.8 Å². The van der Waals surface area contributed by atoms with Crippen molar-refractivity contribution < 1.29 is 18.8 Å². The van der Waals surface area contributed by atoms with Gasteiger partial charge in [0, 0.05) is 22.8 Å². The van der Waals surface area contributed by atoms with E-state index in [-0.39, 0.29) is 11.8 Å². The largest absolute Gasteiger partial charge is 0.465 e. The maximum Gasteiger partial charge on any atom is 0.337 e. The second-order valence-electron chi connectivity index (χ2n) is 8.22. The number of hydrogen-bond donors (Lipinski definition) is 1. The Hall–Kier alpha value is -2.94. The minimum absolute atomic E-state index is 0.0889. The molecule has 2 heterocycles. The molecule has 0 aliphatic carbocycles. The average Bonchev–Trinajstić information content (AvgIpc) is 3.28. The molecule has 1 fully saturated rings. The first-order valence-electron chi connectivity index (χ1n) is 10.8. The van der Waals surface area contributed by atoms with Gasteiger partial charge in [0.25, 0.3) is 0 Å². The SMILES string of the molecule is COC(=O)c1ccc(C)c(NC(=O)C2CCCN(Cc3nc(-c4ccc(Cl)cc4Cl)no3)C2)c1. The molecular formula is C24H24Cl2N4O4. The second-order valence-corrected chi connectivity index (χ2v) is 9.06. The molecule has 4 rings (SSSR count). The van der Waals surface area contributed by atoms with E-state index in [1.807, 2.05) is 6.92 Å². The summed E-state index contributed by atoms with van der Waals surface area (Å²) in [5, 5.41) is 7.98. The van der Waals surface area contributed by atoms with Gasteiger partial charge in [-0.15, -0.1) is 0 Å². The number of methoxy groups -OCH3 is 1. The first kappa shape index (κ1) is 24.2. The number of ether oxygens (including phenoxy) is 1.